The number of nitrogens with zero attached hydrogens (tertiary/aromatic N) is 1. The molecule has 1 aliphatic carbocycles. The van der Waals surface area contributed by atoms with E-state index < -0.39 is 11.9 Å². The van der Waals surface area contributed by atoms with Crippen LogP contribution in [0.1, 0.15) is 60.3 Å². The molecule has 3 unspecified atom stereocenters. The summed E-state index contributed by atoms with van der Waals surface area (Å²) in [7, 11) is 0. The summed E-state index contributed by atoms with van der Waals surface area (Å²) in [6, 6.07) is 0.227. The van der Waals surface area contributed by atoms with Gasteiger partial charge in [0.05, 0.1) is 11.8 Å². The fraction of sp³-hybridized carbons (Fsp3) is 0.882. The molecule has 0 bridgehead atoms. The summed E-state index contributed by atoms with van der Waals surface area (Å²) >= 11 is 0. The smallest absolute Gasteiger partial charge is 0.307 e. The van der Waals surface area contributed by atoms with Gasteiger partial charge in [0, 0.05) is 12.6 Å². The summed E-state index contributed by atoms with van der Waals surface area (Å²) in [4.78, 5) is 26.4. The Morgan fingerprint density at radius 2 is 1.67 bits per heavy atom. The van der Waals surface area contributed by atoms with E-state index >= 15 is 0 Å². The first kappa shape index (κ1) is 18.0. The molecule has 1 rings (SSSR count). The second kappa shape index (κ2) is 7.81. The van der Waals surface area contributed by atoms with Crippen molar-refractivity contribution in [2.45, 2.75) is 66.3 Å². The largest absolute Gasteiger partial charge is 0.481 e. The molecule has 4 heteroatoms. The number of carboxylic acids is 1. The van der Waals surface area contributed by atoms with Gasteiger partial charge >= 0.3 is 5.97 Å². The molecule has 0 radical (unpaired) electrons. The minimum atomic E-state index is -0.813. The van der Waals surface area contributed by atoms with Gasteiger partial charge in [-0.3, -0.25) is 9.59 Å². The average molecular weight is 297 g/mol. The van der Waals surface area contributed by atoms with Crippen molar-refractivity contribution in [1.82, 2.24) is 4.90 Å². The van der Waals surface area contributed by atoms with Gasteiger partial charge in [0.1, 0.15) is 0 Å². The molecule has 0 aromatic rings. The zero-order valence-corrected chi connectivity index (χ0v) is 14.1. The molecular weight excluding hydrogens is 266 g/mol. The number of carbonyl (C=O) groups excluding carboxylic acids is 1. The van der Waals surface area contributed by atoms with Crippen LogP contribution in [0.5, 0.6) is 0 Å². The highest BCUT2D eigenvalue weighted by Gasteiger charge is 2.43. The van der Waals surface area contributed by atoms with E-state index in [1.165, 1.54) is 0 Å². The van der Waals surface area contributed by atoms with Gasteiger partial charge in [0.25, 0.3) is 0 Å². The van der Waals surface area contributed by atoms with E-state index in [1.54, 1.807) is 0 Å². The Balaban J connectivity index is 2.95. The standard InChI is InChI=1S/C17H31NO3/c1-6-13(7-2)18(10-11(3)4)16(19)14-8-12(5)9-15(14)17(20)21/h11-15H,6-10H2,1-5H3,(H,20,21). The predicted octanol–water partition coefficient (Wildman–Crippen LogP) is 3.41. The lowest BCUT2D eigenvalue weighted by Gasteiger charge is -2.35. The molecule has 1 aliphatic rings. The number of amides is 1. The maximum atomic E-state index is 13.0. The van der Waals surface area contributed by atoms with Crippen LogP contribution in [-0.2, 0) is 9.59 Å². The third-order valence-corrected chi connectivity index (χ3v) is 4.66. The summed E-state index contributed by atoms with van der Waals surface area (Å²) < 4.78 is 0. The Hall–Kier alpha value is -1.06. The molecule has 4 nitrogen and oxygen atoms in total. The molecular formula is C17H31NO3. The summed E-state index contributed by atoms with van der Waals surface area (Å²) in [5, 5.41) is 9.40. The van der Waals surface area contributed by atoms with Crippen molar-refractivity contribution in [2.75, 3.05) is 6.54 Å². The molecule has 3 atom stereocenters. The van der Waals surface area contributed by atoms with Gasteiger partial charge in [-0.1, -0.05) is 34.6 Å². The van der Waals surface area contributed by atoms with Gasteiger partial charge in [-0.05, 0) is 37.5 Å². The molecule has 1 N–H and O–H groups in total. The van der Waals surface area contributed by atoms with Crippen LogP contribution < -0.4 is 0 Å². The van der Waals surface area contributed by atoms with Crippen LogP contribution in [0, 0.1) is 23.7 Å². The molecule has 0 spiro atoms. The summed E-state index contributed by atoms with van der Waals surface area (Å²) in [6.45, 7) is 11.2. The number of aliphatic carboxylic acids is 1. The third-order valence-electron chi connectivity index (χ3n) is 4.66. The molecule has 0 aromatic heterocycles. The SMILES string of the molecule is CCC(CC)N(CC(C)C)C(=O)C1CC(C)CC1C(=O)O. The maximum Gasteiger partial charge on any atom is 0.307 e. The van der Waals surface area contributed by atoms with Crippen LogP contribution in [0.15, 0.2) is 0 Å². The molecule has 0 aromatic carbocycles. The molecule has 0 aliphatic heterocycles. The van der Waals surface area contributed by atoms with E-state index in [9.17, 15) is 14.7 Å². The van der Waals surface area contributed by atoms with Gasteiger partial charge in [-0.15, -0.1) is 0 Å². The summed E-state index contributed by atoms with van der Waals surface area (Å²) in [5.41, 5.74) is 0. The van der Waals surface area contributed by atoms with Gasteiger partial charge in [-0.25, -0.2) is 0 Å². The number of carbonyl (C=O) groups is 2. The Kier molecular flexibility index (Phi) is 6.69. The topological polar surface area (TPSA) is 57.6 Å². The fourth-order valence-electron chi connectivity index (χ4n) is 3.59. The normalized spacial score (nSPS) is 25.6. The lowest BCUT2D eigenvalue weighted by Crippen LogP contribution is -2.46. The predicted molar refractivity (Wildman–Crippen MR) is 83.9 cm³/mol. The lowest BCUT2D eigenvalue weighted by molar-refractivity contribution is -0.150. The minimum absolute atomic E-state index is 0.0640. The average Bonchev–Trinajstić information content (AvgIpc) is 2.80. The van der Waals surface area contributed by atoms with E-state index in [-0.39, 0.29) is 17.9 Å². The van der Waals surface area contributed by atoms with Gasteiger partial charge < -0.3 is 10.0 Å². The van der Waals surface area contributed by atoms with Crippen LogP contribution in [-0.4, -0.2) is 34.5 Å². The molecule has 122 valence electrons. The fourth-order valence-corrected chi connectivity index (χ4v) is 3.59. The van der Waals surface area contributed by atoms with Gasteiger partial charge in [0.15, 0.2) is 0 Å². The summed E-state index contributed by atoms with van der Waals surface area (Å²) in [6.07, 6.45) is 3.19. The minimum Gasteiger partial charge on any atom is -0.481 e. The number of hydrogen-bond acceptors (Lipinski definition) is 2. The second-order valence-corrected chi connectivity index (χ2v) is 6.98. The van der Waals surface area contributed by atoms with Crippen LogP contribution in [0.4, 0.5) is 0 Å². The van der Waals surface area contributed by atoms with E-state index in [0.717, 1.165) is 19.4 Å². The maximum absolute atomic E-state index is 13.0. The van der Waals surface area contributed by atoms with E-state index in [1.807, 2.05) is 11.8 Å². The van der Waals surface area contributed by atoms with Crippen molar-refractivity contribution in [1.29, 1.82) is 0 Å². The summed E-state index contributed by atoms with van der Waals surface area (Å²) in [5.74, 6) is -0.867. The van der Waals surface area contributed by atoms with Crippen molar-refractivity contribution in [2.24, 2.45) is 23.7 Å². The van der Waals surface area contributed by atoms with Crippen LogP contribution >= 0.6 is 0 Å². The Bertz CT molecular complexity index is 363. The van der Waals surface area contributed by atoms with Gasteiger partial charge in [0.2, 0.25) is 5.91 Å². The number of hydrogen-bond donors (Lipinski definition) is 1. The van der Waals surface area contributed by atoms with Gasteiger partial charge in [-0.2, -0.15) is 0 Å². The van der Waals surface area contributed by atoms with Crippen molar-refractivity contribution < 1.29 is 14.7 Å². The zero-order chi connectivity index (χ0) is 16.2. The van der Waals surface area contributed by atoms with Crippen molar-refractivity contribution in [3.63, 3.8) is 0 Å². The number of carboxylic acid groups (broad SMARTS) is 1. The number of rotatable bonds is 7. The van der Waals surface area contributed by atoms with Crippen molar-refractivity contribution in [3.8, 4) is 0 Å². The molecule has 0 saturated heterocycles. The highest BCUT2D eigenvalue weighted by atomic mass is 16.4. The Labute approximate surface area is 128 Å². The first-order valence-corrected chi connectivity index (χ1v) is 8.34. The highest BCUT2D eigenvalue weighted by molar-refractivity contribution is 5.85. The van der Waals surface area contributed by atoms with Crippen LogP contribution in [0.25, 0.3) is 0 Å². The Morgan fingerprint density at radius 1 is 1.14 bits per heavy atom. The van der Waals surface area contributed by atoms with Crippen molar-refractivity contribution >= 4 is 11.9 Å². The lowest BCUT2D eigenvalue weighted by atomic mass is 9.93. The van der Waals surface area contributed by atoms with E-state index in [2.05, 4.69) is 27.7 Å². The van der Waals surface area contributed by atoms with Crippen LogP contribution in [0.2, 0.25) is 0 Å². The quantitative estimate of drug-likeness (QED) is 0.783. The zero-order valence-electron chi connectivity index (χ0n) is 14.1. The molecule has 21 heavy (non-hydrogen) atoms. The first-order valence-electron chi connectivity index (χ1n) is 8.34. The Morgan fingerprint density at radius 3 is 2.10 bits per heavy atom. The van der Waals surface area contributed by atoms with Crippen LogP contribution in [0.3, 0.4) is 0 Å². The first-order chi connectivity index (χ1) is 9.81. The van der Waals surface area contributed by atoms with Crippen molar-refractivity contribution in [3.05, 3.63) is 0 Å². The monoisotopic (exact) mass is 297 g/mol. The molecule has 1 amide bonds. The molecule has 0 heterocycles. The molecule has 1 fully saturated rings. The highest BCUT2D eigenvalue weighted by Crippen LogP contribution is 2.38. The van der Waals surface area contributed by atoms with E-state index in [0.29, 0.717) is 24.7 Å². The second-order valence-electron chi connectivity index (χ2n) is 6.98. The molecule has 1 saturated carbocycles. The van der Waals surface area contributed by atoms with E-state index in [4.69, 9.17) is 0 Å². The third kappa shape index (κ3) is 4.45.